The molecule has 1 aromatic rings. The quantitative estimate of drug-likeness (QED) is 0.275. The second kappa shape index (κ2) is 4.65. The summed E-state index contributed by atoms with van der Waals surface area (Å²) in [6.45, 7) is 0. The molecule has 0 aliphatic heterocycles. The standard InChI is InChI=1S/C8H11N3O5S/c9-6-2-1-5(4-8(12)11(13)14)3-7(6)17(10,15)16/h1-3,8,12H,4,9H2,(H2,10,15,16). The lowest BCUT2D eigenvalue weighted by Gasteiger charge is -2.07. The second-order valence-corrected chi connectivity index (χ2v) is 4.92. The van der Waals surface area contributed by atoms with Gasteiger partial charge in [0.1, 0.15) is 4.90 Å². The minimum absolute atomic E-state index is 0.0492. The van der Waals surface area contributed by atoms with E-state index >= 15 is 0 Å². The third-order valence-electron chi connectivity index (χ3n) is 2.05. The number of anilines is 1. The fourth-order valence-electron chi connectivity index (χ4n) is 1.24. The predicted octanol–water partition coefficient (Wildman–Crippen LogP) is -0.946. The molecule has 9 heteroatoms. The van der Waals surface area contributed by atoms with Crippen LogP contribution in [0.1, 0.15) is 5.56 Å². The van der Waals surface area contributed by atoms with E-state index in [1.807, 2.05) is 0 Å². The zero-order valence-electron chi connectivity index (χ0n) is 8.61. The van der Waals surface area contributed by atoms with Gasteiger partial charge in [-0.05, 0) is 17.7 Å². The van der Waals surface area contributed by atoms with Gasteiger partial charge in [0, 0.05) is 0 Å². The molecule has 8 nitrogen and oxygen atoms in total. The number of nitrogens with zero attached hydrogens (tertiary/aromatic N) is 1. The Labute approximate surface area is 97.0 Å². The van der Waals surface area contributed by atoms with Crippen molar-refractivity contribution in [2.45, 2.75) is 17.5 Å². The minimum atomic E-state index is -3.99. The number of benzene rings is 1. The van der Waals surface area contributed by atoms with Gasteiger partial charge in [0.2, 0.25) is 10.0 Å². The first-order valence-electron chi connectivity index (χ1n) is 4.44. The monoisotopic (exact) mass is 261 g/mol. The summed E-state index contributed by atoms with van der Waals surface area (Å²) in [7, 11) is -3.99. The molecule has 1 unspecified atom stereocenters. The Bertz CT molecular complexity index is 542. The van der Waals surface area contributed by atoms with E-state index in [0.29, 0.717) is 0 Å². The molecule has 0 spiro atoms. The summed E-state index contributed by atoms with van der Waals surface area (Å²) >= 11 is 0. The van der Waals surface area contributed by atoms with Crippen LogP contribution >= 0.6 is 0 Å². The first-order valence-corrected chi connectivity index (χ1v) is 5.99. The van der Waals surface area contributed by atoms with E-state index in [1.165, 1.54) is 12.1 Å². The van der Waals surface area contributed by atoms with E-state index < -0.39 is 21.2 Å². The van der Waals surface area contributed by atoms with Crippen LogP contribution in [-0.2, 0) is 16.4 Å². The molecule has 0 aliphatic rings. The number of nitrogen functional groups attached to an aromatic ring is 1. The van der Waals surface area contributed by atoms with Gasteiger partial charge in [-0.25, -0.2) is 13.6 Å². The van der Waals surface area contributed by atoms with Gasteiger partial charge >= 0.3 is 6.23 Å². The number of primary sulfonamides is 1. The molecule has 1 rings (SSSR count). The summed E-state index contributed by atoms with van der Waals surface area (Å²) in [5.41, 5.74) is 5.62. The number of nitro groups is 1. The maximum absolute atomic E-state index is 11.1. The van der Waals surface area contributed by atoms with Crippen LogP contribution in [0.2, 0.25) is 0 Å². The lowest BCUT2D eigenvalue weighted by Crippen LogP contribution is -2.21. The van der Waals surface area contributed by atoms with Gasteiger partial charge in [0.25, 0.3) is 0 Å². The van der Waals surface area contributed by atoms with Gasteiger partial charge in [0.15, 0.2) is 0 Å². The van der Waals surface area contributed by atoms with Crippen LogP contribution in [-0.4, -0.2) is 24.7 Å². The molecule has 5 N–H and O–H groups in total. The summed E-state index contributed by atoms with van der Waals surface area (Å²) in [5, 5.41) is 24.2. The number of hydrogen-bond donors (Lipinski definition) is 3. The predicted molar refractivity (Wildman–Crippen MR) is 58.9 cm³/mol. The Hall–Kier alpha value is -1.71. The smallest absolute Gasteiger partial charge is 0.317 e. The third kappa shape index (κ3) is 3.37. The highest BCUT2D eigenvalue weighted by molar-refractivity contribution is 7.89. The van der Waals surface area contributed by atoms with Crippen molar-refractivity contribution in [2.24, 2.45) is 5.14 Å². The molecular formula is C8H11N3O5S. The largest absolute Gasteiger partial charge is 0.398 e. The number of rotatable bonds is 4. The van der Waals surface area contributed by atoms with Crippen molar-refractivity contribution in [3.8, 4) is 0 Å². The van der Waals surface area contributed by atoms with Crippen molar-refractivity contribution in [1.29, 1.82) is 0 Å². The summed E-state index contributed by atoms with van der Waals surface area (Å²) in [6, 6.07) is 3.76. The minimum Gasteiger partial charge on any atom is -0.398 e. The van der Waals surface area contributed by atoms with Gasteiger partial charge < -0.3 is 10.8 Å². The van der Waals surface area contributed by atoms with Crippen LogP contribution in [0.25, 0.3) is 0 Å². The SMILES string of the molecule is Nc1ccc(CC(O)[N+](=O)[O-])cc1S(N)(=O)=O. The van der Waals surface area contributed by atoms with Crippen LogP contribution in [0.4, 0.5) is 5.69 Å². The number of nitrogens with two attached hydrogens (primary N) is 2. The molecule has 0 bridgehead atoms. The van der Waals surface area contributed by atoms with E-state index in [-0.39, 0.29) is 22.6 Å². The lowest BCUT2D eigenvalue weighted by molar-refractivity contribution is -0.569. The van der Waals surface area contributed by atoms with Gasteiger partial charge in [0.05, 0.1) is 17.0 Å². The van der Waals surface area contributed by atoms with E-state index in [1.54, 1.807) is 0 Å². The molecule has 1 aromatic carbocycles. The topological polar surface area (TPSA) is 150 Å². The van der Waals surface area contributed by atoms with Gasteiger partial charge in [-0.15, -0.1) is 0 Å². The molecule has 0 saturated carbocycles. The van der Waals surface area contributed by atoms with Crippen molar-refractivity contribution >= 4 is 15.7 Å². The first-order chi connectivity index (χ1) is 7.71. The zero-order valence-corrected chi connectivity index (χ0v) is 9.42. The lowest BCUT2D eigenvalue weighted by atomic mass is 10.1. The Balaban J connectivity index is 3.10. The summed E-state index contributed by atoms with van der Waals surface area (Å²) < 4.78 is 22.3. The highest BCUT2D eigenvalue weighted by Gasteiger charge is 2.18. The average molecular weight is 261 g/mol. The molecule has 0 saturated heterocycles. The zero-order chi connectivity index (χ0) is 13.2. The molecule has 1 atom stereocenters. The maximum Gasteiger partial charge on any atom is 0.317 e. The Morgan fingerprint density at radius 2 is 2.06 bits per heavy atom. The van der Waals surface area contributed by atoms with Crippen molar-refractivity contribution in [1.82, 2.24) is 0 Å². The summed E-state index contributed by atoms with van der Waals surface area (Å²) in [4.78, 5) is 9.04. The maximum atomic E-state index is 11.1. The molecule has 0 radical (unpaired) electrons. The Morgan fingerprint density at radius 1 is 1.47 bits per heavy atom. The molecule has 0 heterocycles. The number of aliphatic hydroxyl groups excluding tert-OH is 1. The van der Waals surface area contributed by atoms with Gasteiger partial charge in [-0.3, -0.25) is 10.1 Å². The third-order valence-corrected chi connectivity index (χ3v) is 3.01. The molecule has 0 amide bonds. The van der Waals surface area contributed by atoms with Crippen LogP contribution in [0.3, 0.4) is 0 Å². The average Bonchev–Trinajstić information content (AvgIpc) is 2.19. The van der Waals surface area contributed by atoms with Crippen molar-refractivity contribution in [3.05, 3.63) is 33.9 Å². The molecule has 0 aliphatic carbocycles. The Kier molecular flexibility index (Phi) is 3.66. The normalized spacial score (nSPS) is 13.3. The summed E-state index contributed by atoms with van der Waals surface area (Å²) in [6.07, 6.45) is -2.12. The second-order valence-electron chi connectivity index (χ2n) is 3.39. The first kappa shape index (κ1) is 13.4. The number of sulfonamides is 1. The molecule has 0 fully saturated rings. The molecular weight excluding hydrogens is 250 g/mol. The van der Waals surface area contributed by atoms with E-state index in [9.17, 15) is 18.5 Å². The van der Waals surface area contributed by atoms with Crippen LogP contribution in [0.15, 0.2) is 23.1 Å². The highest BCUT2D eigenvalue weighted by Crippen LogP contribution is 2.19. The van der Waals surface area contributed by atoms with E-state index in [2.05, 4.69) is 0 Å². The van der Waals surface area contributed by atoms with Crippen LogP contribution < -0.4 is 10.9 Å². The van der Waals surface area contributed by atoms with Crippen molar-refractivity contribution in [3.63, 3.8) is 0 Å². The van der Waals surface area contributed by atoms with Gasteiger partial charge in [-0.1, -0.05) is 6.07 Å². The number of aliphatic hydroxyl groups is 1. The van der Waals surface area contributed by atoms with Crippen LogP contribution in [0, 0.1) is 10.1 Å². The number of hydrogen-bond acceptors (Lipinski definition) is 6. The molecule has 0 aromatic heterocycles. The molecule has 94 valence electrons. The fourth-order valence-corrected chi connectivity index (χ4v) is 1.95. The molecule has 17 heavy (non-hydrogen) atoms. The fraction of sp³-hybridized carbons (Fsp3) is 0.250. The van der Waals surface area contributed by atoms with Crippen molar-refractivity contribution < 1.29 is 18.4 Å². The van der Waals surface area contributed by atoms with Gasteiger partial charge in [-0.2, -0.15) is 0 Å². The van der Waals surface area contributed by atoms with Crippen LogP contribution in [0.5, 0.6) is 0 Å². The summed E-state index contributed by atoms with van der Waals surface area (Å²) in [5.74, 6) is 0. The highest BCUT2D eigenvalue weighted by atomic mass is 32.2. The van der Waals surface area contributed by atoms with E-state index in [0.717, 1.165) is 6.07 Å². The van der Waals surface area contributed by atoms with Crippen molar-refractivity contribution in [2.75, 3.05) is 5.73 Å². The van der Waals surface area contributed by atoms with E-state index in [4.69, 9.17) is 16.0 Å². The Morgan fingerprint density at radius 3 is 2.53 bits per heavy atom.